The second-order valence-electron chi connectivity index (χ2n) is 2.40. The minimum Gasteiger partial charge on any atom is -0.353 e. The lowest BCUT2D eigenvalue weighted by Crippen LogP contribution is -1.94. The smallest absolute Gasteiger partial charge is 0.159 e. The summed E-state index contributed by atoms with van der Waals surface area (Å²) in [6.07, 6.45) is 0. The van der Waals surface area contributed by atoms with Gasteiger partial charge in [-0.1, -0.05) is 12.2 Å². The lowest BCUT2D eigenvalue weighted by atomic mass is 10.1. The molecule has 1 N–H and O–H groups in total. The normalized spacial score (nSPS) is 9.08. The maximum Gasteiger partial charge on any atom is 0.159 e. The van der Waals surface area contributed by atoms with Crippen molar-refractivity contribution in [2.75, 3.05) is 5.32 Å². The summed E-state index contributed by atoms with van der Waals surface area (Å²) in [6, 6.07) is 7.17. The van der Waals surface area contributed by atoms with Gasteiger partial charge in [0.1, 0.15) is 0 Å². The van der Waals surface area contributed by atoms with Gasteiger partial charge in [-0.05, 0) is 31.2 Å². The molecule has 0 aromatic heterocycles. The third kappa shape index (κ3) is 2.13. The Bertz CT molecular complexity index is 292. The van der Waals surface area contributed by atoms with Gasteiger partial charge in [-0.2, -0.15) is 0 Å². The summed E-state index contributed by atoms with van der Waals surface area (Å²) in [4.78, 5) is 10.9. The van der Waals surface area contributed by atoms with E-state index in [1.807, 2.05) is 12.1 Å². The number of carbonyl (C=O) groups excluding carboxylic acids is 1. The Kier molecular flexibility index (Phi) is 2.94. The van der Waals surface area contributed by atoms with Gasteiger partial charge in [-0.3, -0.25) is 4.79 Å². The van der Waals surface area contributed by atoms with Crippen LogP contribution in [0.2, 0.25) is 0 Å². The van der Waals surface area contributed by atoms with E-state index in [0.717, 1.165) is 5.69 Å². The molecule has 0 heterocycles. The fourth-order valence-electron chi connectivity index (χ4n) is 0.869. The summed E-state index contributed by atoms with van der Waals surface area (Å²) in [5, 5.41) is 2.85. The van der Waals surface area contributed by atoms with Crippen LogP contribution < -0.4 is 5.32 Å². The monoisotopic (exact) mass is 179 g/mol. The molecule has 3 heteroatoms. The van der Waals surface area contributed by atoms with Crippen LogP contribution in [0, 0.1) is 0 Å². The molecule has 0 saturated carbocycles. The van der Waals surface area contributed by atoms with Gasteiger partial charge in [0.05, 0.1) is 5.49 Å². The van der Waals surface area contributed by atoms with Gasteiger partial charge in [0.2, 0.25) is 0 Å². The Morgan fingerprint density at radius 1 is 1.42 bits per heavy atom. The quantitative estimate of drug-likeness (QED) is 0.570. The molecule has 0 aliphatic heterocycles. The predicted octanol–water partition coefficient (Wildman–Crippen LogP) is 2.26. The molecule has 0 fully saturated rings. The van der Waals surface area contributed by atoms with Gasteiger partial charge in [-0.15, -0.1) is 0 Å². The van der Waals surface area contributed by atoms with Gasteiger partial charge >= 0.3 is 0 Å². The van der Waals surface area contributed by atoms with Crippen molar-refractivity contribution in [3.63, 3.8) is 0 Å². The van der Waals surface area contributed by atoms with Crippen molar-refractivity contribution in [2.24, 2.45) is 0 Å². The van der Waals surface area contributed by atoms with Gasteiger partial charge in [0, 0.05) is 11.3 Å². The highest BCUT2D eigenvalue weighted by atomic mass is 32.1. The highest BCUT2D eigenvalue weighted by molar-refractivity contribution is 7.79. The molecular weight excluding hydrogens is 170 g/mol. The van der Waals surface area contributed by atoms with Crippen LogP contribution in [-0.2, 0) is 0 Å². The summed E-state index contributed by atoms with van der Waals surface area (Å²) < 4.78 is 0. The molecule has 62 valence electrons. The zero-order chi connectivity index (χ0) is 8.97. The van der Waals surface area contributed by atoms with E-state index in [1.54, 1.807) is 19.1 Å². The van der Waals surface area contributed by atoms with Crippen LogP contribution in [0.15, 0.2) is 24.3 Å². The van der Waals surface area contributed by atoms with Gasteiger partial charge < -0.3 is 5.32 Å². The Morgan fingerprint density at radius 3 is 2.42 bits per heavy atom. The molecule has 1 aromatic carbocycles. The van der Waals surface area contributed by atoms with Crippen molar-refractivity contribution >= 4 is 29.2 Å². The molecule has 0 bridgehead atoms. The largest absolute Gasteiger partial charge is 0.353 e. The lowest BCUT2D eigenvalue weighted by Gasteiger charge is -1.99. The molecular formula is C9H9NOS. The maximum absolute atomic E-state index is 10.9. The number of nitrogens with one attached hydrogen (secondary N) is 1. The van der Waals surface area contributed by atoms with E-state index in [1.165, 1.54) is 5.49 Å². The van der Waals surface area contributed by atoms with Gasteiger partial charge in [-0.25, -0.2) is 0 Å². The first-order valence-corrected chi connectivity index (χ1v) is 4.02. The molecule has 0 amide bonds. The minimum absolute atomic E-state index is 0.0731. The average molecular weight is 179 g/mol. The van der Waals surface area contributed by atoms with Crippen molar-refractivity contribution in [1.29, 1.82) is 0 Å². The van der Waals surface area contributed by atoms with Crippen molar-refractivity contribution in [1.82, 2.24) is 0 Å². The van der Waals surface area contributed by atoms with Crippen molar-refractivity contribution in [3.05, 3.63) is 29.8 Å². The van der Waals surface area contributed by atoms with Crippen LogP contribution in [0.5, 0.6) is 0 Å². The summed E-state index contributed by atoms with van der Waals surface area (Å²) in [5.74, 6) is 0.0731. The van der Waals surface area contributed by atoms with Crippen LogP contribution in [0.4, 0.5) is 5.69 Å². The third-order valence-electron chi connectivity index (χ3n) is 1.52. The third-order valence-corrected chi connectivity index (χ3v) is 1.63. The van der Waals surface area contributed by atoms with Crippen molar-refractivity contribution in [3.8, 4) is 0 Å². The first kappa shape index (κ1) is 8.87. The second kappa shape index (κ2) is 3.97. The van der Waals surface area contributed by atoms with E-state index in [4.69, 9.17) is 0 Å². The average Bonchev–Trinajstić information content (AvgIpc) is 2.06. The fraction of sp³-hybridized carbons (Fsp3) is 0.111. The van der Waals surface area contributed by atoms with Crippen LogP contribution in [0.3, 0.4) is 0 Å². The van der Waals surface area contributed by atoms with E-state index in [2.05, 4.69) is 17.5 Å². The highest BCUT2D eigenvalue weighted by Gasteiger charge is 1.96. The summed E-state index contributed by atoms with van der Waals surface area (Å²) >= 11 is 4.62. The van der Waals surface area contributed by atoms with Crippen LogP contribution in [0.25, 0.3) is 0 Å². The zero-order valence-electron chi connectivity index (χ0n) is 6.70. The number of hydrogen-bond acceptors (Lipinski definition) is 2. The summed E-state index contributed by atoms with van der Waals surface area (Å²) in [7, 11) is 0. The molecule has 12 heavy (non-hydrogen) atoms. The Morgan fingerprint density at radius 2 is 2.00 bits per heavy atom. The van der Waals surface area contributed by atoms with Crippen molar-refractivity contribution < 1.29 is 4.79 Å². The van der Waals surface area contributed by atoms with E-state index < -0.39 is 0 Å². The lowest BCUT2D eigenvalue weighted by molar-refractivity contribution is 0.101. The summed E-state index contributed by atoms with van der Waals surface area (Å²) in [6.45, 7) is 1.54. The standard InChI is InChI=1S/C9H9NOS/c1-7(11)8-2-4-9(5-3-8)10-6-12/h2-6H,1H3,(H,10,12). The summed E-state index contributed by atoms with van der Waals surface area (Å²) in [5.41, 5.74) is 3.04. The zero-order valence-corrected chi connectivity index (χ0v) is 7.52. The predicted molar refractivity (Wildman–Crippen MR) is 53.7 cm³/mol. The Labute approximate surface area is 76.6 Å². The molecule has 0 atom stereocenters. The molecule has 0 aliphatic rings. The Balaban J connectivity index is 2.85. The number of carbonyl (C=O) groups is 1. The van der Waals surface area contributed by atoms with Gasteiger partial charge in [0.25, 0.3) is 0 Å². The molecule has 2 nitrogen and oxygen atoms in total. The number of Topliss-reactive ketones (excluding diaryl/α,β-unsaturated/α-hetero) is 1. The van der Waals surface area contributed by atoms with E-state index in [9.17, 15) is 4.79 Å². The van der Waals surface area contributed by atoms with E-state index in [0.29, 0.717) is 5.56 Å². The highest BCUT2D eigenvalue weighted by Crippen LogP contribution is 2.08. The minimum atomic E-state index is 0.0731. The number of anilines is 1. The SMILES string of the molecule is CC(=O)c1ccc(NC=S)cc1. The first-order valence-electron chi connectivity index (χ1n) is 3.55. The second-order valence-corrected chi connectivity index (χ2v) is 2.63. The fourth-order valence-corrected chi connectivity index (χ4v) is 1.01. The molecule has 0 aliphatic carbocycles. The molecule has 0 spiro atoms. The van der Waals surface area contributed by atoms with E-state index in [-0.39, 0.29) is 5.78 Å². The molecule has 0 radical (unpaired) electrons. The van der Waals surface area contributed by atoms with Gasteiger partial charge in [0.15, 0.2) is 5.78 Å². The molecule has 1 rings (SSSR count). The topological polar surface area (TPSA) is 29.1 Å². The number of hydrogen-bond donors (Lipinski definition) is 1. The maximum atomic E-state index is 10.9. The number of rotatable bonds is 3. The van der Waals surface area contributed by atoms with E-state index >= 15 is 0 Å². The number of ketones is 1. The molecule has 0 unspecified atom stereocenters. The number of benzene rings is 1. The van der Waals surface area contributed by atoms with Crippen LogP contribution >= 0.6 is 12.2 Å². The molecule has 0 saturated heterocycles. The first-order chi connectivity index (χ1) is 5.74. The van der Waals surface area contributed by atoms with Crippen LogP contribution in [-0.4, -0.2) is 11.3 Å². The van der Waals surface area contributed by atoms with Crippen LogP contribution in [0.1, 0.15) is 17.3 Å². The Hall–Kier alpha value is -1.22. The number of thiocarbonyl (C=S) groups is 1. The molecule has 1 aromatic rings. The van der Waals surface area contributed by atoms with Crippen molar-refractivity contribution in [2.45, 2.75) is 6.92 Å².